The Bertz CT molecular complexity index is 367. The summed E-state index contributed by atoms with van der Waals surface area (Å²) in [4.78, 5) is 0. The molecule has 0 fully saturated rings. The quantitative estimate of drug-likeness (QED) is 0.759. The van der Waals surface area contributed by atoms with Gasteiger partial charge in [-0.2, -0.15) is 13.2 Å². The zero-order valence-corrected chi connectivity index (χ0v) is 8.81. The summed E-state index contributed by atoms with van der Waals surface area (Å²) in [5.41, 5.74) is -0.0647. The van der Waals surface area contributed by atoms with Gasteiger partial charge in [-0.05, 0) is 30.0 Å². The third-order valence-corrected chi connectivity index (χ3v) is 2.30. The van der Waals surface area contributed by atoms with Crippen molar-refractivity contribution < 1.29 is 18.3 Å². The largest absolute Gasteiger partial charge is 0.508 e. The van der Waals surface area contributed by atoms with Crippen molar-refractivity contribution in [3.63, 3.8) is 0 Å². The molecule has 0 saturated heterocycles. The van der Waals surface area contributed by atoms with Crippen LogP contribution in [0, 0.1) is 6.92 Å². The van der Waals surface area contributed by atoms with Crippen LogP contribution < -0.4 is 0 Å². The molecule has 84 valence electrons. The minimum atomic E-state index is -4.41. The molecule has 1 rings (SSSR count). The predicted octanol–water partition coefficient (Wildman–Crippen LogP) is 3.84. The lowest BCUT2D eigenvalue weighted by atomic mass is 9.94. The van der Waals surface area contributed by atoms with Gasteiger partial charge in [0.05, 0.1) is 5.56 Å². The highest BCUT2D eigenvalue weighted by Crippen LogP contribution is 2.38. The van der Waals surface area contributed by atoms with E-state index in [1.165, 1.54) is 6.07 Å². The van der Waals surface area contributed by atoms with E-state index in [1.807, 2.05) is 0 Å². The average molecular weight is 218 g/mol. The Hall–Kier alpha value is -1.19. The van der Waals surface area contributed by atoms with Crippen molar-refractivity contribution in [2.24, 2.45) is 0 Å². The maximum atomic E-state index is 12.6. The van der Waals surface area contributed by atoms with Crippen LogP contribution in [0.15, 0.2) is 12.1 Å². The Labute approximate surface area is 86.5 Å². The Morgan fingerprint density at radius 1 is 1.20 bits per heavy atom. The van der Waals surface area contributed by atoms with Crippen LogP contribution in [0.3, 0.4) is 0 Å². The Morgan fingerprint density at radius 2 is 1.73 bits per heavy atom. The first-order valence-corrected chi connectivity index (χ1v) is 4.64. The number of alkyl halides is 3. The van der Waals surface area contributed by atoms with Gasteiger partial charge in [0, 0.05) is 0 Å². The predicted molar refractivity (Wildman–Crippen MR) is 51.9 cm³/mol. The summed E-state index contributed by atoms with van der Waals surface area (Å²) in [5, 5.41) is 9.27. The van der Waals surface area contributed by atoms with Gasteiger partial charge in [0.15, 0.2) is 0 Å². The van der Waals surface area contributed by atoms with Crippen molar-refractivity contribution in [2.45, 2.75) is 32.9 Å². The van der Waals surface area contributed by atoms with Gasteiger partial charge in [-0.1, -0.05) is 19.9 Å². The van der Waals surface area contributed by atoms with Crippen LogP contribution in [0.1, 0.15) is 36.5 Å². The van der Waals surface area contributed by atoms with Gasteiger partial charge in [0.1, 0.15) is 5.75 Å². The number of hydrogen-bond donors (Lipinski definition) is 1. The van der Waals surface area contributed by atoms with E-state index in [2.05, 4.69) is 0 Å². The van der Waals surface area contributed by atoms with Crippen molar-refractivity contribution in [1.82, 2.24) is 0 Å². The van der Waals surface area contributed by atoms with E-state index in [0.29, 0.717) is 5.56 Å². The van der Waals surface area contributed by atoms with Crippen molar-refractivity contribution in [3.05, 3.63) is 28.8 Å². The third kappa shape index (κ3) is 2.43. The molecule has 0 unspecified atom stereocenters. The Kier molecular flexibility index (Phi) is 2.98. The minimum Gasteiger partial charge on any atom is -0.508 e. The molecule has 1 aromatic carbocycles. The van der Waals surface area contributed by atoms with E-state index in [4.69, 9.17) is 0 Å². The lowest BCUT2D eigenvalue weighted by Gasteiger charge is -2.17. The molecule has 0 radical (unpaired) electrons. The minimum absolute atomic E-state index is 0.220. The third-order valence-electron chi connectivity index (χ3n) is 2.30. The summed E-state index contributed by atoms with van der Waals surface area (Å²) < 4.78 is 37.8. The molecule has 4 heteroatoms. The van der Waals surface area contributed by atoms with E-state index in [0.717, 1.165) is 6.07 Å². The maximum absolute atomic E-state index is 12.6. The van der Waals surface area contributed by atoms with Gasteiger partial charge in [-0.3, -0.25) is 0 Å². The van der Waals surface area contributed by atoms with Crippen molar-refractivity contribution in [3.8, 4) is 5.75 Å². The zero-order valence-electron chi connectivity index (χ0n) is 8.81. The van der Waals surface area contributed by atoms with Crippen LogP contribution in [0.4, 0.5) is 13.2 Å². The summed E-state index contributed by atoms with van der Waals surface area (Å²) >= 11 is 0. The maximum Gasteiger partial charge on any atom is 0.416 e. The first-order chi connectivity index (χ1) is 6.73. The van der Waals surface area contributed by atoms with Crippen molar-refractivity contribution in [2.75, 3.05) is 0 Å². The number of aryl methyl sites for hydroxylation is 1. The highest BCUT2D eigenvalue weighted by molar-refractivity contribution is 5.43. The van der Waals surface area contributed by atoms with Gasteiger partial charge >= 0.3 is 6.18 Å². The second kappa shape index (κ2) is 3.76. The standard InChI is InChI=1S/C11H13F3O/c1-6(2)8-4-7(3)10(15)5-9(8)11(12,13)14/h4-6,15H,1-3H3. The Morgan fingerprint density at radius 3 is 2.13 bits per heavy atom. The van der Waals surface area contributed by atoms with Crippen molar-refractivity contribution in [1.29, 1.82) is 0 Å². The fourth-order valence-electron chi connectivity index (χ4n) is 1.44. The highest BCUT2D eigenvalue weighted by Gasteiger charge is 2.34. The molecular formula is C11H13F3O. The van der Waals surface area contributed by atoms with Gasteiger partial charge in [0.25, 0.3) is 0 Å². The zero-order chi connectivity index (χ0) is 11.8. The van der Waals surface area contributed by atoms with Crippen LogP contribution in [0.5, 0.6) is 5.75 Å². The van der Waals surface area contributed by atoms with Gasteiger partial charge in [-0.25, -0.2) is 0 Å². The summed E-state index contributed by atoms with van der Waals surface area (Å²) in [5.74, 6) is -0.535. The first-order valence-electron chi connectivity index (χ1n) is 4.64. The van der Waals surface area contributed by atoms with Crippen LogP contribution in [0.2, 0.25) is 0 Å². The second-order valence-corrected chi connectivity index (χ2v) is 3.88. The van der Waals surface area contributed by atoms with Gasteiger partial charge in [0.2, 0.25) is 0 Å². The lowest BCUT2D eigenvalue weighted by molar-refractivity contribution is -0.138. The molecule has 0 aliphatic carbocycles. The first kappa shape index (κ1) is 11.9. The van der Waals surface area contributed by atoms with Gasteiger partial charge in [-0.15, -0.1) is 0 Å². The normalized spacial score (nSPS) is 12.2. The van der Waals surface area contributed by atoms with Gasteiger partial charge < -0.3 is 5.11 Å². The van der Waals surface area contributed by atoms with E-state index >= 15 is 0 Å². The van der Waals surface area contributed by atoms with Crippen LogP contribution >= 0.6 is 0 Å². The number of halogens is 3. The average Bonchev–Trinajstić information content (AvgIpc) is 2.06. The van der Waals surface area contributed by atoms with E-state index in [-0.39, 0.29) is 17.2 Å². The molecule has 0 bridgehead atoms. The molecule has 0 spiro atoms. The lowest BCUT2D eigenvalue weighted by Crippen LogP contribution is -2.10. The summed E-state index contributed by atoms with van der Waals surface area (Å²) in [6, 6.07) is 2.19. The summed E-state index contributed by atoms with van der Waals surface area (Å²) in [6.07, 6.45) is -4.41. The summed E-state index contributed by atoms with van der Waals surface area (Å²) in [7, 11) is 0. The summed E-state index contributed by atoms with van der Waals surface area (Å²) in [6.45, 7) is 4.98. The Balaban J connectivity index is 3.42. The number of phenolic OH excluding ortho intramolecular Hbond substituents is 1. The number of rotatable bonds is 1. The second-order valence-electron chi connectivity index (χ2n) is 3.88. The van der Waals surface area contributed by atoms with Crippen LogP contribution in [-0.4, -0.2) is 5.11 Å². The number of aromatic hydroxyl groups is 1. The molecular weight excluding hydrogens is 205 g/mol. The van der Waals surface area contributed by atoms with E-state index < -0.39 is 11.7 Å². The fraction of sp³-hybridized carbons (Fsp3) is 0.455. The number of hydrogen-bond acceptors (Lipinski definition) is 1. The fourth-order valence-corrected chi connectivity index (χ4v) is 1.44. The molecule has 0 saturated carbocycles. The highest BCUT2D eigenvalue weighted by atomic mass is 19.4. The van der Waals surface area contributed by atoms with E-state index in [9.17, 15) is 18.3 Å². The van der Waals surface area contributed by atoms with Crippen LogP contribution in [0.25, 0.3) is 0 Å². The monoisotopic (exact) mass is 218 g/mol. The molecule has 0 amide bonds. The molecule has 0 aromatic heterocycles. The molecule has 1 N–H and O–H groups in total. The van der Waals surface area contributed by atoms with Crippen molar-refractivity contribution >= 4 is 0 Å². The topological polar surface area (TPSA) is 20.2 Å². The SMILES string of the molecule is Cc1cc(C(C)C)c(C(F)(F)F)cc1O. The van der Waals surface area contributed by atoms with Crippen LogP contribution in [-0.2, 0) is 6.18 Å². The molecule has 0 atom stereocenters. The smallest absolute Gasteiger partial charge is 0.416 e. The van der Waals surface area contributed by atoms with E-state index in [1.54, 1.807) is 20.8 Å². The molecule has 0 aliphatic heterocycles. The number of phenols is 1. The molecule has 1 nitrogen and oxygen atoms in total. The molecule has 0 heterocycles. The molecule has 15 heavy (non-hydrogen) atoms. The number of benzene rings is 1. The molecule has 1 aromatic rings. The molecule has 0 aliphatic rings.